The Labute approximate surface area is 157 Å². The van der Waals surface area contributed by atoms with Crippen molar-refractivity contribution in [1.29, 1.82) is 0 Å². The summed E-state index contributed by atoms with van der Waals surface area (Å²) in [6.45, 7) is 1.87. The highest BCUT2D eigenvalue weighted by Crippen LogP contribution is 2.15. The number of amides is 3. The van der Waals surface area contributed by atoms with Gasteiger partial charge in [-0.1, -0.05) is 23.7 Å². The van der Waals surface area contributed by atoms with Crippen LogP contribution >= 0.6 is 11.6 Å². The molecule has 0 heterocycles. The maximum absolute atomic E-state index is 12.3. The van der Waals surface area contributed by atoms with Crippen LogP contribution in [0.2, 0.25) is 5.02 Å². The summed E-state index contributed by atoms with van der Waals surface area (Å²) >= 11 is 5.96. The molecule has 1 atom stereocenters. The van der Waals surface area contributed by atoms with E-state index in [0.29, 0.717) is 6.54 Å². The van der Waals surface area contributed by atoms with Gasteiger partial charge in [0, 0.05) is 12.8 Å². The van der Waals surface area contributed by atoms with Gasteiger partial charge in [-0.3, -0.25) is 14.4 Å². The van der Waals surface area contributed by atoms with Crippen LogP contribution in [-0.4, -0.2) is 57.3 Å². The fourth-order valence-electron chi connectivity index (χ4n) is 2.03. The van der Waals surface area contributed by atoms with Gasteiger partial charge in [-0.2, -0.15) is 0 Å². The van der Waals surface area contributed by atoms with Crippen molar-refractivity contribution in [3.8, 4) is 0 Å². The van der Waals surface area contributed by atoms with E-state index in [1.807, 2.05) is 0 Å². The predicted octanol–water partition coefficient (Wildman–Crippen LogP) is 0.125. The highest BCUT2D eigenvalue weighted by molar-refractivity contribution is 7.90. The van der Waals surface area contributed by atoms with Crippen LogP contribution in [0.4, 0.5) is 0 Å². The lowest BCUT2D eigenvalue weighted by atomic mass is 10.1. The first-order chi connectivity index (χ1) is 12.1. The fourth-order valence-corrected chi connectivity index (χ4v) is 2.92. The quantitative estimate of drug-likeness (QED) is 0.541. The van der Waals surface area contributed by atoms with Gasteiger partial charge in [-0.05, 0) is 25.5 Å². The Morgan fingerprint density at radius 2 is 1.81 bits per heavy atom. The van der Waals surface area contributed by atoms with E-state index in [1.165, 1.54) is 12.1 Å². The Kier molecular flexibility index (Phi) is 8.53. The van der Waals surface area contributed by atoms with Crippen molar-refractivity contribution in [2.45, 2.75) is 19.4 Å². The number of nitrogens with one attached hydrogen (secondary N) is 3. The van der Waals surface area contributed by atoms with Crippen molar-refractivity contribution in [2.75, 3.05) is 25.1 Å². The number of sulfone groups is 1. The van der Waals surface area contributed by atoms with Crippen LogP contribution < -0.4 is 16.0 Å². The van der Waals surface area contributed by atoms with Gasteiger partial charge in [-0.15, -0.1) is 0 Å². The van der Waals surface area contributed by atoms with Gasteiger partial charge in [-0.25, -0.2) is 8.42 Å². The SMILES string of the molecule is CCNC(=O)CNC(=O)[C@H](CCS(C)(=O)=O)NC(=O)c1ccccc1Cl. The highest BCUT2D eigenvalue weighted by atomic mass is 35.5. The molecule has 0 saturated heterocycles. The van der Waals surface area contributed by atoms with E-state index >= 15 is 0 Å². The summed E-state index contributed by atoms with van der Waals surface area (Å²) in [5, 5.41) is 7.57. The minimum atomic E-state index is -3.34. The lowest BCUT2D eigenvalue weighted by molar-refractivity contribution is -0.127. The normalized spacial score (nSPS) is 12.1. The molecule has 0 aliphatic heterocycles. The topological polar surface area (TPSA) is 121 Å². The van der Waals surface area contributed by atoms with E-state index in [4.69, 9.17) is 11.6 Å². The van der Waals surface area contributed by atoms with E-state index in [2.05, 4.69) is 16.0 Å². The number of rotatable bonds is 9. The summed E-state index contributed by atoms with van der Waals surface area (Å²) in [7, 11) is -3.34. The van der Waals surface area contributed by atoms with Crippen LogP contribution in [0.15, 0.2) is 24.3 Å². The average molecular weight is 404 g/mol. The molecule has 0 aliphatic carbocycles. The van der Waals surface area contributed by atoms with E-state index in [0.717, 1.165) is 6.26 Å². The van der Waals surface area contributed by atoms with Crippen molar-refractivity contribution >= 4 is 39.2 Å². The third kappa shape index (κ3) is 7.83. The second kappa shape index (κ2) is 10.1. The highest BCUT2D eigenvalue weighted by Gasteiger charge is 2.24. The molecule has 0 bridgehead atoms. The van der Waals surface area contributed by atoms with Gasteiger partial charge < -0.3 is 16.0 Å². The Morgan fingerprint density at radius 1 is 1.15 bits per heavy atom. The van der Waals surface area contributed by atoms with Gasteiger partial charge >= 0.3 is 0 Å². The minimum Gasteiger partial charge on any atom is -0.355 e. The monoisotopic (exact) mass is 403 g/mol. The maximum Gasteiger partial charge on any atom is 0.253 e. The number of hydrogen-bond acceptors (Lipinski definition) is 5. The molecule has 0 fully saturated rings. The van der Waals surface area contributed by atoms with E-state index < -0.39 is 27.7 Å². The summed E-state index contributed by atoms with van der Waals surface area (Å²) < 4.78 is 22.8. The summed E-state index contributed by atoms with van der Waals surface area (Å²) in [5.41, 5.74) is 0.162. The molecule has 1 aromatic carbocycles. The van der Waals surface area contributed by atoms with Gasteiger partial charge in [0.1, 0.15) is 15.9 Å². The number of carbonyl (C=O) groups excluding carboxylic acids is 3. The van der Waals surface area contributed by atoms with Gasteiger partial charge in [0.2, 0.25) is 11.8 Å². The molecule has 0 aromatic heterocycles. The zero-order valence-electron chi connectivity index (χ0n) is 14.5. The van der Waals surface area contributed by atoms with Crippen LogP contribution in [-0.2, 0) is 19.4 Å². The smallest absolute Gasteiger partial charge is 0.253 e. The molecular weight excluding hydrogens is 382 g/mol. The lowest BCUT2D eigenvalue weighted by Crippen LogP contribution is -2.49. The van der Waals surface area contributed by atoms with E-state index in [9.17, 15) is 22.8 Å². The van der Waals surface area contributed by atoms with Crippen molar-refractivity contribution in [3.05, 3.63) is 34.9 Å². The van der Waals surface area contributed by atoms with Gasteiger partial charge in [0.25, 0.3) is 5.91 Å². The van der Waals surface area contributed by atoms with Crippen LogP contribution in [0.5, 0.6) is 0 Å². The fraction of sp³-hybridized carbons (Fsp3) is 0.438. The number of benzene rings is 1. The first kappa shape index (κ1) is 21.9. The molecule has 3 N–H and O–H groups in total. The molecule has 0 saturated carbocycles. The molecule has 0 unspecified atom stereocenters. The van der Waals surface area contributed by atoms with Gasteiger partial charge in [0.15, 0.2) is 0 Å². The third-order valence-corrected chi connectivity index (χ3v) is 4.62. The Bertz CT molecular complexity index is 767. The molecule has 10 heteroatoms. The van der Waals surface area contributed by atoms with Gasteiger partial charge in [0.05, 0.1) is 22.9 Å². The average Bonchev–Trinajstić information content (AvgIpc) is 2.56. The Hall–Kier alpha value is -2.13. The van der Waals surface area contributed by atoms with Crippen molar-refractivity contribution in [2.24, 2.45) is 0 Å². The molecular formula is C16H22ClN3O5S. The molecule has 26 heavy (non-hydrogen) atoms. The number of likely N-dealkylation sites (N-methyl/N-ethyl adjacent to an activating group) is 1. The van der Waals surface area contributed by atoms with E-state index in [1.54, 1.807) is 19.1 Å². The Balaban J connectivity index is 2.83. The minimum absolute atomic E-state index is 0.129. The van der Waals surface area contributed by atoms with Crippen molar-refractivity contribution < 1.29 is 22.8 Å². The maximum atomic E-state index is 12.3. The van der Waals surface area contributed by atoms with Crippen molar-refractivity contribution in [3.63, 3.8) is 0 Å². The van der Waals surface area contributed by atoms with Crippen LogP contribution in [0, 0.1) is 0 Å². The second-order valence-corrected chi connectivity index (χ2v) is 8.26. The summed E-state index contributed by atoms with van der Waals surface area (Å²) in [4.78, 5) is 36.1. The standard InChI is InChI=1S/C16H22ClN3O5S/c1-3-18-14(21)10-19-16(23)13(8-9-26(2,24)25)20-15(22)11-6-4-5-7-12(11)17/h4-7,13H,3,8-10H2,1-2H3,(H,18,21)(H,19,23)(H,20,22)/t13-/m0/s1. The molecule has 8 nitrogen and oxygen atoms in total. The largest absolute Gasteiger partial charge is 0.355 e. The molecule has 1 aromatic rings. The Morgan fingerprint density at radius 3 is 2.38 bits per heavy atom. The lowest BCUT2D eigenvalue weighted by Gasteiger charge is -2.18. The number of halogens is 1. The van der Waals surface area contributed by atoms with Crippen LogP contribution in [0.3, 0.4) is 0 Å². The zero-order valence-corrected chi connectivity index (χ0v) is 16.1. The zero-order chi connectivity index (χ0) is 19.7. The summed E-state index contributed by atoms with van der Waals surface area (Å²) in [6.07, 6.45) is 0.906. The third-order valence-electron chi connectivity index (χ3n) is 3.31. The van der Waals surface area contributed by atoms with Crippen molar-refractivity contribution in [1.82, 2.24) is 16.0 Å². The summed E-state index contributed by atoms with van der Waals surface area (Å²) in [6, 6.07) is 5.15. The number of carbonyl (C=O) groups is 3. The molecule has 0 spiro atoms. The molecule has 3 amide bonds. The molecule has 1 rings (SSSR count). The second-order valence-electron chi connectivity index (χ2n) is 5.60. The predicted molar refractivity (Wildman–Crippen MR) is 98.7 cm³/mol. The first-order valence-corrected chi connectivity index (χ1v) is 10.4. The van der Waals surface area contributed by atoms with E-state index in [-0.39, 0.29) is 35.2 Å². The summed E-state index contributed by atoms with van der Waals surface area (Å²) in [5.74, 6) is -1.95. The number of hydrogen-bond donors (Lipinski definition) is 3. The molecule has 144 valence electrons. The molecule has 0 radical (unpaired) electrons. The molecule has 0 aliphatic rings. The van der Waals surface area contributed by atoms with Crippen LogP contribution in [0.25, 0.3) is 0 Å². The van der Waals surface area contributed by atoms with Crippen LogP contribution in [0.1, 0.15) is 23.7 Å². The first-order valence-electron chi connectivity index (χ1n) is 7.91.